The first-order chi connectivity index (χ1) is 8.52. The van der Waals surface area contributed by atoms with Crippen LogP contribution in [0.2, 0.25) is 0 Å². The van der Waals surface area contributed by atoms with Gasteiger partial charge in [0.1, 0.15) is 11.5 Å². The van der Waals surface area contributed by atoms with Crippen LogP contribution < -0.4 is 0 Å². The maximum absolute atomic E-state index is 11.5. The molecule has 2 aromatic rings. The second-order valence-corrected chi connectivity index (χ2v) is 3.93. The van der Waals surface area contributed by atoms with Crippen molar-refractivity contribution in [2.45, 2.75) is 20.8 Å². The molecule has 0 aliphatic heterocycles. The third-order valence-electron chi connectivity index (χ3n) is 2.50. The number of carbonyl (C=O) groups excluding carboxylic acids is 1. The first kappa shape index (κ1) is 12.3. The molecule has 0 spiro atoms. The van der Waals surface area contributed by atoms with Crippen molar-refractivity contribution in [1.29, 1.82) is 0 Å². The van der Waals surface area contributed by atoms with Crippen LogP contribution in [0, 0.1) is 13.8 Å². The van der Waals surface area contributed by atoms with E-state index in [1.54, 1.807) is 18.7 Å². The number of carbonyl (C=O) groups is 1. The number of rotatable bonds is 3. The van der Waals surface area contributed by atoms with Gasteiger partial charge < -0.3 is 9.15 Å². The molecule has 6 nitrogen and oxygen atoms in total. The molecule has 6 heteroatoms. The average molecular weight is 249 g/mol. The second-order valence-electron chi connectivity index (χ2n) is 3.93. The molecule has 0 aromatic carbocycles. The van der Waals surface area contributed by atoms with E-state index in [-0.39, 0.29) is 5.82 Å². The molecule has 0 N–H and O–H groups in total. The summed E-state index contributed by atoms with van der Waals surface area (Å²) in [5.74, 6) is 1.68. The molecule has 0 unspecified atom stereocenters. The van der Waals surface area contributed by atoms with Crippen LogP contribution in [-0.4, -0.2) is 27.3 Å². The van der Waals surface area contributed by atoms with E-state index >= 15 is 0 Å². The Morgan fingerprint density at radius 3 is 2.78 bits per heavy atom. The van der Waals surface area contributed by atoms with Crippen LogP contribution in [-0.2, 0) is 11.8 Å². The summed E-state index contributed by atoms with van der Waals surface area (Å²) in [5, 5.41) is 4.05. The zero-order valence-electron chi connectivity index (χ0n) is 10.9. The van der Waals surface area contributed by atoms with E-state index in [0.29, 0.717) is 12.4 Å². The third-order valence-corrected chi connectivity index (χ3v) is 2.50. The van der Waals surface area contributed by atoms with Gasteiger partial charge in [-0.15, -0.1) is 5.10 Å². The van der Waals surface area contributed by atoms with Gasteiger partial charge in [0, 0.05) is 7.05 Å². The van der Waals surface area contributed by atoms with Gasteiger partial charge in [-0.1, -0.05) is 0 Å². The molecule has 0 saturated carbocycles. The maximum atomic E-state index is 11.5. The minimum absolute atomic E-state index is 0.0626. The lowest BCUT2D eigenvalue weighted by molar-refractivity contribution is 0.0512. The van der Waals surface area contributed by atoms with Crippen molar-refractivity contribution in [2.75, 3.05) is 6.61 Å². The Hall–Kier alpha value is -2.11. The van der Waals surface area contributed by atoms with Crippen molar-refractivity contribution < 1.29 is 13.9 Å². The fraction of sp³-hybridized carbons (Fsp3) is 0.417. The van der Waals surface area contributed by atoms with E-state index in [0.717, 1.165) is 17.1 Å². The SMILES string of the molecule is CCOC(=O)c1nc(-c2cc(C)oc2C)n(C)n1. The maximum Gasteiger partial charge on any atom is 0.378 e. The molecule has 2 rings (SSSR count). The zero-order chi connectivity index (χ0) is 13.3. The Labute approximate surface area is 105 Å². The predicted octanol–water partition coefficient (Wildman–Crippen LogP) is 1.87. The predicted molar refractivity (Wildman–Crippen MR) is 64.1 cm³/mol. The van der Waals surface area contributed by atoms with Gasteiger partial charge in [0.05, 0.1) is 12.2 Å². The molecule has 0 atom stereocenters. The van der Waals surface area contributed by atoms with E-state index in [1.165, 1.54) is 0 Å². The van der Waals surface area contributed by atoms with Crippen molar-refractivity contribution in [1.82, 2.24) is 14.8 Å². The minimum Gasteiger partial charge on any atom is -0.466 e. The van der Waals surface area contributed by atoms with Crippen molar-refractivity contribution in [2.24, 2.45) is 7.05 Å². The van der Waals surface area contributed by atoms with Crippen LogP contribution in [0.4, 0.5) is 0 Å². The van der Waals surface area contributed by atoms with E-state index in [2.05, 4.69) is 10.1 Å². The van der Waals surface area contributed by atoms with Crippen LogP contribution in [0.1, 0.15) is 29.1 Å². The number of ether oxygens (including phenoxy) is 1. The number of hydrogen-bond donors (Lipinski definition) is 0. The van der Waals surface area contributed by atoms with Gasteiger partial charge in [-0.2, -0.15) is 0 Å². The molecule has 2 heterocycles. The molecule has 0 aliphatic rings. The Balaban J connectivity index is 2.41. The van der Waals surface area contributed by atoms with Gasteiger partial charge in [-0.3, -0.25) is 0 Å². The normalized spacial score (nSPS) is 10.7. The van der Waals surface area contributed by atoms with Crippen molar-refractivity contribution in [3.8, 4) is 11.4 Å². The molecular weight excluding hydrogens is 234 g/mol. The quantitative estimate of drug-likeness (QED) is 0.776. The number of furan rings is 1. The smallest absolute Gasteiger partial charge is 0.378 e. The summed E-state index contributed by atoms with van der Waals surface area (Å²) < 4.78 is 11.9. The molecule has 96 valence electrons. The summed E-state index contributed by atoms with van der Waals surface area (Å²) in [5.41, 5.74) is 0.832. The lowest BCUT2D eigenvalue weighted by atomic mass is 10.2. The Morgan fingerprint density at radius 1 is 1.50 bits per heavy atom. The first-order valence-corrected chi connectivity index (χ1v) is 5.68. The summed E-state index contributed by atoms with van der Waals surface area (Å²) in [7, 11) is 1.73. The van der Waals surface area contributed by atoms with E-state index in [9.17, 15) is 4.79 Å². The summed E-state index contributed by atoms with van der Waals surface area (Å²) in [6.45, 7) is 5.75. The van der Waals surface area contributed by atoms with Crippen molar-refractivity contribution in [3.05, 3.63) is 23.4 Å². The first-order valence-electron chi connectivity index (χ1n) is 5.68. The fourth-order valence-electron chi connectivity index (χ4n) is 1.75. The summed E-state index contributed by atoms with van der Waals surface area (Å²) in [6.07, 6.45) is 0. The molecule has 0 aliphatic carbocycles. The summed E-state index contributed by atoms with van der Waals surface area (Å²) >= 11 is 0. The van der Waals surface area contributed by atoms with Gasteiger partial charge in [-0.25, -0.2) is 14.5 Å². The highest BCUT2D eigenvalue weighted by molar-refractivity contribution is 5.85. The minimum atomic E-state index is -0.516. The zero-order valence-corrected chi connectivity index (χ0v) is 10.9. The van der Waals surface area contributed by atoms with Crippen LogP contribution in [0.3, 0.4) is 0 Å². The summed E-state index contributed by atoms with van der Waals surface area (Å²) in [4.78, 5) is 15.7. The van der Waals surface area contributed by atoms with Crippen LogP contribution in [0.25, 0.3) is 11.4 Å². The monoisotopic (exact) mass is 249 g/mol. The molecule has 0 amide bonds. The molecular formula is C12H15N3O3. The van der Waals surface area contributed by atoms with Crippen LogP contribution in [0.15, 0.2) is 10.5 Å². The highest BCUT2D eigenvalue weighted by atomic mass is 16.5. The molecule has 0 bridgehead atoms. The number of hydrogen-bond acceptors (Lipinski definition) is 5. The Morgan fingerprint density at radius 2 is 2.22 bits per heavy atom. The number of esters is 1. The summed E-state index contributed by atoms with van der Waals surface area (Å²) in [6, 6.07) is 1.87. The number of nitrogens with zero attached hydrogens (tertiary/aromatic N) is 3. The molecule has 2 aromatic heterocycles. The van der Waals surface area contributed by atoms with E-state index in [4.69, 9.17) is 9.15 Å². The number of aryl methyl sites for hydroxylation is 3. The standard InChI is InChI=1S/C12H15N3O3/c1-5-17-12(16)10-13-11(15(4)14-10)9-6-7(2)18-8(9)3/h6H,5H2,1-4H3. The second kappa shape index (κ2) is 4.64. The Bertz CT molecular complexity index is 583. The lowest BCUT2D eigenvalue weighted by Crippen LogP contribution is -2.07. The fourth-order valence-corrected chi connectivity index (χ4v) is 1.75. The van der Waals surface area contributed by atoms with Gasteiger partial charge >= 0.3 is 5.97 Å². The highest BCUT2D eigenvalue weighted by Gasteiger charge is 2.19. The van der Waals surface area contributed by atoms with Crippen molar-refractivity contribution in [3.63, 3.8) is 0 Å². The number of aromatic nitrogens is 3. The molecule has 0 radical (unpaired) electrons. The van der Waals surface area contributed by atoms with E-state index in [1.807, 2.05) is 19.9 Å². The molecule has 0 saturated heterocycles. The molecule has 18 heavy (non-hydrogen) atoms. The van der Waals surface area contributed by atoms with Crippen LogP contribution in [0.5, 0.6) is 0 Å². The molecule has 0 fully saturated rings. The van der Waals surface area contributed by atoms with Crippen LogP contribution >= 0.6 is 0 Å². The largest absolute Gasteiger partial charge is 0.466 e. The van der Waals surface area contributed by atoms with Gasteiger partial charge in [-0.05, 0) is 26.8 Å². The Kier molecular flexibility index (Phi) is 3.18. The van der Waals surface area contributed by atoms with Gasteiger partial charge in [0.15, 0.2) is 5.82 Å². The van der Waals surface area contributed by atoms with Gasteiger partial charge in [0.2, 0.25) is 0 Å². The van der Waals surface area contributed by atoms with E-state index < -0.39 is 5.97 Å². The third kappa shape index (κ3) is 2.13. The lowest BCUT2D eigenvalue weighted by Gasteiger charge is -1.95. The average Bonchev–Trinajstić information content (AvgIpc) is 2.82. The topological polar surface area (TPSA) is 70.2 Å². The van der Waals surface area contributed by atoms with Gasteiger partial charge in [0.25, 0.3) is 5.82 Å². The highest BCUT2D eigenvalue weighted by Crippen LogP contribution is 2.24. The van der Waals surface area contributed by atoms with Crippen molar-refractivity contribution >= 4 is 5.97 Å².